The smallest absolute Gasteiger partial charge is 0.360 e. The molecule has 0 aliphatic heterocycles. The van der Waals surface area contributed by atoms with E-state index in [1.165, 1.54) is 34.9 Å². The molecule has 0 N–H and O–H groups in total. The van der Waals surface area contributed by atoms with Crippen molar-refractivity contribution in [2.75, 3.05) is 7.11 Å². The zero-order chi connectivity index (χ0) is 16.4. The van der Waals surface area contributed by atoms with Gasteiger partial charge in [-0.3, -0.25) is 0 Å². The Bertz CT molecular complexity index is 891. The Kier molecular flexibility index (Phi) is 4.04. The first kappa shape index (κ1) is 14.9. The van der Waals surface area contributed by atoms with E-state index in [2.05, 4.69) is 36.4 Å². The minimum absolute atomic E-state index is 0.883. The predicted octanol–water partition coefficient (Wildman–Crippen LogP) is 5.99. The molecule has 3 aromatic rings. The summed E-state index contributed by atoms with van der Waals surface area (Å²) < 4.78 is 11.5. The lowest BCUT2D eigenvalue weighted by molar-refractivity contribution is 0.415. The molecular weight excluding hydrogens is 296 g/mol. The summed E-state index contributed by atoms with van der Waals surface area (Å²) in [6.07, 6.45) is 6.80. The van der Waals surface area contributed by atoms with Gasteiger partial charge in [-0.15, -0.1) is 0 Å². The summed E-state index contributed by atoms with van der Waals surface area (Å²) in [5, 5.41) is 1.18. The minimum Gasteiger partial charge on any atom is -0.497 e. The van der Waals surface area contributed by atoms with Crippen LogP contribution in [0.4, 0.5) is 0 Å². The van der Waals surface area contributed by atoms with Gasteiger partial charge in [-0.05, 0) is 61.6 Å². The number of hydrogen-bond acceptors (Lipinski definition) is 1. The first-order valence-corrected chi connectivity index (χ1v) is 8.53. The number of aryl methyl sites for hydroxylation is 1. The van der Waals surface area contributed by atoms with E-state index in [0.717, 1.165) is 29.9 Å². The van der Waals surface area contributed by atoms with Crippen LogP contribution >= 0.6 is 0 Å². The highest BCUT2D eigenvalue weighted by Gasteiger charge is 2.25. The quantitative estimate of drug-likeness (QED) is 0.427. The molecule has 0 unspecified atom stereocenters. The molecule has 1 aliphatic rings. The number of methoxy groups -OCH3 is 1. The van der Waals surface area contributed by atoms with Crippen molar-refractivity contribution in [3.05, 3.63) is 71.5 Å². The standard InChI is InChI=1S/C22H21O2/c1-23-20-12-10-16(11-13-20)14-18-7-2-3-8-19-15-17-6-4-5-9-21(17)24-22(18)19/h4-6,9-15H,2-3,7-8H2,1H3/q+1/b18-14+. The van der Waals surface area contributed by atoms with Gasteiger partial charge in [0.2, 0.25) is 0 Å². The molecule has 0 fully saturated rings. The second kappa shape index (κ2) is 6.48. The topological polar surface area (TPSA) is 20.5 Å². The second-order valence-corrected chi connectivity index (χ2v) is 6.29. The molecule has 0 spiro atoms. The SMILES string of the molecule is COc1ccc(/C=C2\CCCCc3cc4ccccc4[o+]c32)cc1. The zero-order valence-corrected chi connectivity index (χ0v) is 13.9. The van der Waals surface area contributed by atoms with Gasteiger partial charge in [-0.2, -0.15) is 0 Å². The average Bonchev–Trinajstić information content (AvgIpc) is 2.82. The van der Waals surface area contributed by atoms with E-state index in [1.54, 1.807) is 7.11 Å². The molecule has 1 heterocycles. The Hall–Kier alpha value is -2.61. The van der Waals surface area contributed by atoms with Crippen molar-refractivity contribution in [1.29, 1.82) is 0 Å². The van der Waals surface area contributed by atoms with E-state index in [0.29, 0.717) is 0 Å². The Balaban J connectivity index is 1.81. The average molecular weight is 317 g/mol. The molecule has 0 saturated heterocycles. The van der Waals surface area contributed by atoms with Gasteiger partial charge >= 0.3 is 11.3 Å². The van der Waals surface area contributed by atoms with E-state index >= 15 is 0 Å². The highest BCUT2D eigenvalue weighted by Crippen LogP contribution is 2.34. The number of allylic oxidation sites excluding steroid dienone is 1. The molecule has 1 aliphatic carbocycles. The van der Waals surface area contributed by atoms with E-state index in [1.807, 2.05) is 24.3 Å². The summed E-state index contributed by atoms with van der Waals surface area (Å²) in [6.45, 7) is 0. The van der Waals surface area contributed by atoms with Crippen LogP contribution in [0.5, 0.6) is 5.75 Å². The lowest BCUT2D eigenvalue weighted by Gasteiger charge is -2.02. The van der Waals surface area contributed by atoms with Gasteiger partial charge in [-0.1, -0.05) is 24.3 Å². The van der Waals surface area contributed by atoms with Gasteiger partial charge in [0.1, 0.15) is 5.75 Å². The normalized spacial score (nSPS) is 16.0. The molecule has 120 valence electrons. The number of ether oxygens (including phenoxy) is 1. The number of hydrogen-bond donors (Lipinski definition) is 0. The van der Waals surface area contributed by atoms with Crippen LogP contribution in [0, 0.1) is 0 Å². The third-order valence-electron chi connectivity index (χ3n) is 4.64. The van der Waals surface area contributed by atoms with Gasteiger partial charge in [0.25, 0.3) is 0 Å². The van der Waals surface area contributed by atoms with Crippen LogP contribution in [-0.4, -0.2) is 7.11 Å². The van der Waals surface area contributed by atoms with Crippen molar-refractivity contribution >= 4 is 22.6 Å². The Morgan fingerprint density at radius 1 is 0.958 bits per heavy atom. The van der Waals surface area contributed by atoms with Crippen LogP contribution in [0.2, 0.25) is 0 Å². The van der Waals surface area contributed by atoms with Crippen molar-refractivity contribution in [3.8, 4) is 5.75 Å². The molecular formula is C22H21O2+. The van der Waals surface area contributed by atoms with E-state index in [-0.39, 0.29) is 0 Å². The van der Waals surface area contributed by atoms with Crippen LogP contribution in [0.15, 0.2) is 59.0 Å². The fraction of sp³-hybridized carbons (Fsp3) is 0.227. The monoisotopic (exact) mass is 317 g/mol. The van der Waals surface area contributed by atoms with Crippen LogP contribution in [-0.2, 0) is 6.42 Å². The molecule has 1 aromatic heterocycles. The van der Waals surface area contributed by atoms with Crippen molar-refractivity contribution in [2.45, 2.75) is 25.7 Å². The molecule has 0 saturated carbocycles. The molecule has 4 rings (SSSR count). The maximum atomic E-state index is 6.30. The molecule has 2 aromatic carbocycles. The first-order chi connectivity index (χ1) is 11.8. The summed E-state index contributed by atoms with van der Waals surface area (Å²) in [5.74, 6) is 1.94. The summed E-state index contributed by atoms with van der Waals surface area (Å²) >= 11 is 0. The summed E-state index contributed by atoms with van der Waals surface area (Å²) in [7, 11) is 1.69. The molecule has 0 bridgehead atoms. The van der Waals surface area contributed by atoms with Crippen LogP contribution in [0.1, 0.15) is 36.1 Å². The van der Waals surface area contributed by atoms with E-state index in [9.17, 15) is 0 Å². The number of rotatable bonds is 2. The fourth-order valence-corrected chi connectivity index (χ4v) is 3.36. The Morgan fingerprint density at radius 2 is 1.75 bits per heavy atom. The van der Waals surface area contributed by atoms with E-state index in [4.69, 9.17) is 9.15 Å². The van der Waals surface area contributed by atoms with Gasteiger partial charge in [0.05, 0.1) is 23.6 Å². The van der Waals surface area contributed by atoms with Gasteiger partial charge in [0.15, 0.2) is 0 Å². The number of benzene rings is 2. The first-order valence-electron chi connectivity index (χ1n) is 8.53. The van der Waals surface area contributed by atoms with Crippen molar-refractivity contribution in [3.63, 3.8) is 0 Å². The predicted molar refractivity (Wildman–Crippen MR) is 99.0 cm³/mol. The maximum Gasteiger partial charge on any atom is 0.360 e. The fourth-order valence-electron chi connectivity index (χ4n) is 3.36. The number of fused-ring (bicyclic) bond motifs is 2. The van der Waals surface area contributed by atoms with Crippen LogP contribution in [0.25, 0.3) is 22.6 Å². The molecule has 2 nitrogen and oxygen atoms in total. The lowest BCUT2D eigenvalue weighted by Crippen LogP contribution is -1.91. The number of para-hydroxylation sites is 1. The van der Waals surface area contributed by atoms with Gasteiger partial charge in [0, 0.05) is 6.07 Å². The third-order valence-corrected chi connectivity index (χ3v) is 4.64. The highest BCUT2D eigenvalue weighted by atomic mass is 16.5. The van der Waals surface area contributed by atoms with Crippen molar-refractivity contribution < 1.29 is 9.15 Å². The highest BCUT2D eigenvalue weighted by molar-refractivity contribution is 5.85. The molecule has 2 heteroatoms. The van der Waals surface area contributed by atoms with Crippen LogP contribution < -0.4 is 4.74 Å². The Morgan fingerprint density at radius 3 is 2.58 bits per heavy atom. The Labute approximate surface area is 142 Å². The largest absolute Gasteiger partial charge is 0.497 e. The van der Waals surface area contributed by atoms with E-state index < -0.39 is 0 Å². The lowest BCUT2D eigenvalue weighted by atomic mass is 10.0. The van der Waals surface area contributed by atoms with Crippen molar-refractivity contribution in [1.82, 2.24) is 0 Å². The molecule has 0 atom stereocenters. The second-order valence-electron chi connectivity index (χ2n) is 6.29. The maximum absolute atomic E-state index is 6.30. The molecule has 0 amide bonds. The van der Waals surface area contributed by atoms with Gasteiger partial charge in [-0.25, -0.2) is 4.42 Å². The minimum atomic E-state index is 0.883. The molecule has 0 radical (unpaired) electrons. The summed E-state index contributed by atoms with van der Waals surface area (Å²) in [4.78, 5) is 0. The summed E-state index contributed by atoms with van der Waals surface area (Å²) in [6, 6.07) is 18.7. The summed E-state index contributed by atoms with van der Waals surface area (Å²) in [5.41, 5.74) is 4.75. The molecule has 24 heavy (non-hydrogen) atoms. The van der Waals surface area contributed by atoms with Gasteiger partial charge < -0.3 is 4.74 Å². The van der Waals surface area contributed by atoms with Crippen LogP contribution in [0.3, 0.4) is 0 Å². The zero-order valence-electron chi connectivity index (χ0n) is 13.9. The third kappa shape index (κ3) is 2.92. The van der Waals surface area contributed by atoms with Crippen molar-refractivity contribution in [2.24, 2.45) is 0 Å².